The zero-order valence-electron chi connectivity index (χ0n) is 10.5. The highest BCUT2D eigenvalue weighted by Crippen LogP contribution is 2.42. The van der Waals surface area contributed by atoms with E-state index in [1.807, 2.05) is 30.5 Å². The normalized spacial score (nSPS) is 20.4. The van der Waals surface area contributed by atoms with Crippen LogP contribution in [0, 0.1) is 6.92 Å². The van der Waals surface area contributed by atoms with Crippen LogP contribution in [-0.4, -0.2) is 10.1 Å². The maximum Gasteiger partial charge on any atom is 0.0873 e. The Morgan fingerprint density at radius 3 is 3.17 bits per heavy atom. The van der Waals surface area contributed by atoms with E-state index in [1.165, 1.54) is 23.3 Å². The summed E-state index contributed by atoms with van der Waals surface area (Å²) in [5.74, 6) is 0.239. The average molecular weight is 259 g/mol. The van der Waals surface area contributed by atoms with Crippen LogP contribution >= 0.6 is 11.3 Å². The van der Waals surface area contributed by atoms with Gasteiger partial charge in [-0.05, 0) is 54.3 Å². The molecule has 3 heteroatoms. The molecule has 0 fully saturated rings. The minimum Gasteiger partial charge on any atom is -0.388 e. The predicted octanol–water partition coefficient (Wildman–Crippen LogP) is 3.61. The third-order valence-corrected chi connectivity index (χ3v) is 4.71. The fourth-order valence-electron chi connectivity index (χ4n) is 2.82. The highest BCUT2D eigenvalue weighted by atomic mass is 32.1. The number of aromatic nitrogens is 1. The highest BCUT2D eigenvalue weighted by Gasteiger charge is 2.28. The summed E-state index contributed by atoms with van der Waals surface area (Å²) < 4.78 is 0. The second kappa shape index (κ2) is 4.82. The van der Waals surface area contributed by atoms with Crippen molar-refractivity contribution in [1.29, 1.82) is 0 Å². The number of aliphatic hydroxyl groups excluding tert-OH is 1. The lowest BCUT2D eigenvalue weighted by atomic mass is 9.81. The molecule has 2 nitrogen and oxygen atoms in total. The Morgan fingerprint density at radius 1 is 1.44 bits per heavy atom. The summed E-state index contributed by atoms with van der Waals surface area (Å²) in [5.41, 5.74) is 3.40. The third kappa shape index (κ3) is 2.08. The van der Waals surface area contributed by atoms with Gasteiger partial charge in [-0.15, -0.1) is 11.3 Å². The van der Waals surface area contributed by atoms with Gasteiger partial charge in [0.05, 0.1) is 6.10 Å². The SMILES string of the molecule is Cc1cncc(C(O)C2CCCc3sccc32)c1. The zero-order chi connectivity index (χ0) is 12.5. The van der Waals surface area contributed by atoms with Gasteiger partial charge in [-0.1, -0.05) is 6.07 Å². The molecule has 0 aromatic carbocycles. The molecule has 2 heterocycles. The van der Waals surface area contributed by atoms with E-state index in [0.29, 0.717) is 0 Å². The molecule has 0 bridgehead atoms. The van der Waals surface area contributed by atoms with Gasteiger partial charge >= 0.3 is 0 Å². The molecular formula is C15H17NOS. The third-order valence-electron chi connectivity index (χ3n) is 3.72. The summed E-state index contributed by atoms with van der Waals surface area (Å²) in [4.78, 5) is 5.64. The van der Waals surface area contributed by atoms with Gasteiger partial charge in [0.25, 0.3) is 0 Å². The number of pyridine rings is 1. The van der Waals surface area contributed by atoms with Crippen LogP contribution in [0.2, 0.25) is 0 Å². The minimum absolute atomic E-state index is 0.239. The number of aliphatic hydroxyl groups is 1. The summed E-state index contributed by atoms with van der Waals surface area (Å²) >= 11 is 1.82. The van der Waals surface area contributed by atoms with E-state index in [-0.39, 0.29) is 5.92 Å². The smallest absolute Gasteiger partial charge is 0.0873 e. The maximum atomic E-state index is 10.6. The van der Waals surface area contributed by atoms with Gasteiger partial charge in [0.15, 0.2) is 0 Å². The number of nitrogens with zero attached hydrogens (tertiary/aromatic N) is 1. The van der Waals surface area contributed by atoms with E-state index < -0.39 is 6.10 Å². The second-order valence-electron chi connectivity index (χ2n) is 5.04. The van der Waals surface area contributed by atoms with Crippen LogP contribution in [0.25, 0.3) is 0 Å². The van der Waals surface area contributed by atoms with Crippen molar-refractivity contribution in [3.63, 3.8) is 0 Å². The van der Waals surface area contributed by atoms with Crippen molar-refractivity contribution in [3.05, 3.63) is 51.5 Å². The van der Waals surface area contributed by atoms with Crippen molar-refractivity contribution in [1.82, 2.24) is 4.98 Å². The zero-order valence-corrected chi connectivity index (χ0v) is 11.3. The molecule has 94 valence electrons. The van der Waals surface area contributed by atoms with E-state index in [2.05, 4.69) is 16.4 Å². The predicted molar refractivity (Wildman–Crippen MR) is 73.9 cm³/mol. The fraction of sp³-hybridized carbons (Fsp3) is 0.400. The van der Waals surface area contributed by atoms with Crippen LogP contribution in [0.15, 0.2) is 29.9 Å². The topological polar surface area (TPSA) is 33.1 Å². The monoisotopic (exact) mass is 259 g/mol. The fourth-order valence-corrected chi connectivity index (χ4v) is 3.82. The lowest BCUT2D eigenvalue weighted by Gasteiger charge is -2.27. The van der Waals surface area contributed by atoms with Crippen molar-refractivity contribution >= 4 is 11.3 Å². The molecule has 18 heavy (non-hydrogen) atoms. The molecule has 2 atom stereocenters. The van der Waals surface area contributed by atoms with Gasteiger partial charge in [-0.25, -0.2) is 0 Å². The number of thiophene rings is 1. The van der Waals surface area contributed by atoms with Gasteiger partial charge in [0, 0.05) is 23.2 Å². The summed E-state index contributed by atoms with van der Waals surface area (Å²) in [6, 6.07) is 4.22. The first-order chi connectivity index (χ1) is 8.75. The van der Waals surface area contributed by atoms with Crippen LogP contribution in [0.1, 0.15) is 46.4 Å². The van der Waals surface area contributed by atoms with E-state index in [9.17, 15) is 5.11 Å². The maximum absolute atomic E-state index is 10.6. The molecule has 3 rings (SSSR count). The Hall–Kier alpha value is -1.19. The Labute approximate surface area is 111 Å². The number of hydrogen-bond donors (Lipinski definition) is 1. The molecule has 0 spiro atoms. The van der Waals surface area contributed by atoms with Crippen LogP contribution in [0.3, 0.4) is 0 Å². The standard InChI is InChI=1S/C15H17NOS/c1-10-7-11(9-16-8-10)15(17)13-3-2-4-14-12(13)5-6-18-14/h5-9,13,15,17H,2-4H2,1H3. The van der Waals surface area contributed by atoms with Crippen LogP contribution in [0.5, 0.6) is 0 Å². The second-order valence-corrected chi connectivity index (χ2v) is 6.04. The van der Waals surface area contributed by atoms with Gasteiger partial charge in [0.1, 0.15) is 0 Å². The quantitative estimate of drug-likeness (QED) is 0.893. The molecule has 1 aliphatic rings. The van der Waals surface area contributed by atoms with Gasteiger partial charge in [-0.2, -0.15) is 0 Å². The molecule has 0 amide bonds. The highest BCUT2D eigenvalue weighted by molar-refractivity contribution is 7.10. The van der Waals surface area contributed by atoms with Gasteiger partial charge in [0.2, 0.25) is 0 Å². The van der Waals surface area contributed by atoms with Crippen molar-refractivity contribution in [2.24, 2.45) is 0 Å². The molecular weight excluding hydrogens is 242 g/mol. The Morgan fingerprint density at radius 2 is 2.33 bits per heavy atom. The number of fused-ring (bicyclic) bond motifs is 1. The first kappa shape index (κ1) is 11.9. The van der Waals surface area contributed by atoms with Crippen LogP contribution in [0.4, 0.5) is 0 Å². The molecule has 2 aromatic heterocycles. The van der Waals surface area contributed by atoms with Crippen LogP contribution in [-0.2, 0) is 6.42 Å². The van der Waals surface area contributed by atoms with Crippen molar-refractivity contribution in [3.8, 4) is 0 Å². The van der Waals surface area contributed by atoms with Crippen molar-refractivity contribution < 1.29 is 5.11 Å². The molecule has 2 unspecified atom stereocenters. The van der Waals surface area contributed by atoms with E-state index in [0.717, 1.165) is 17.5 Å². The molecule has 0 saturated carbocycles. The molecule has 0 saturated heterocycles. The Bertz CT molecular complexity index is 549. The largest absolute Gasteiger partial charge is 0.388 e. The number of rotatable bonds is 2. The molecule has 0 aliphatic heterocycles. The van der Waals surface area contributed by atoms with Gasteiger partial charge in [-0.3, -0.25) is 4.98 Å². The lowest BCUT2D eigenvalue weighted by Crippen LogP contribution is -2.15. The molecule has 1 aliphatic carbocycles. The molecule has 2 aromatic rings. The summed E-state index contributed by atoms with van der Waals surface area (Å²) in [6.45, 7) is 2.01. The van der Waals surface area contributed by atoms with Gasteiger partial charge < -0.3 is 5.11 Å². The summed E-state index contributed by atoms with van der Waals surface area (Å²) in [6.07, 6.45) is 6.60. The number of hydrogen-bond acceptors (Lipinski definition) is 3. The first-order valence-corrected chi connectivity index (χ1v) is 7.29. The summed E-state index contributed by atoms with van der Waals surface area (Å²) in [7, 11) is 0. The van der Waals surface area contributed by atoms with Crippen LogP contribution < -0.4 is 0 Å². The van der Waals surface area contributed by atoms with E-state index in [1.54, 1.807) is 6.20 Å². The lowest BCUT2D eigenvalue weighted by molar-refractivity contribution is 0.136. The Kier molecular flexibility index (Phi) is 3.18. The summed E-state index contributed by atoms with van der Waals surface area (Å²) in [5, 5.41) is 12.7. The van der Waals surface area contributed by atoms with E-state index in [4.69, 9.17) is 0 Å². The minimum atomic E-state index is -0.425. The Balaban J connectivity index is 1.93. The molecule has 0 radical (unpaired) electrons. The van der Waals surface area contributed by atoms with Crippen molar-refractivity contribution in [2.75, 3.05) is 0 Å². The van der Waals surface area contributed by atoms with Crippen molar-refractivity contribution in [2.45, 2.75) is 38.2 Å². The first-order valence-electron chi connectivity index (χ1n) is 6.41. The number of aryl methyl sites for hydroxylation is 2. The molecule has 1 N–H and O–H groups in total. The average Bonchev–Trinajstić information content (AvgIpc) is 2.86. The van der Waals surface area contributed by atoms with E-state index >= 15 is 0 Å².